The van der Waals surface area contributed by atoms with Gasteiger partial charge in [0.2, 0.25) is 15.8 Å². The molecule has 10 heteroatoms. The van der Waals surface area contributed by atoms with E-state index in [1.54, 1.807) is 6.07 Å². The van der Waals surface area contributed by atoms with Gasteiger partial charge < -0.3 is 9.26 Å². The lowest BCUT2D eigenvalue weighted by atomic mass is 10.1. The topological polar surface area (TPSA) is 111 Å². The monoisotopic (exact) mass is 435 g/mol. The molecule has 29 heavy (non-hydrogen) atoms. The van der Waals surface area contributed by atoms with E-state index < -0.39 is 16.0 Å². The highest BCUT2D eigenvalue weighted by molar-refractivity contribution is 7.89. The van der Waals surface area contributed by atoms with Crippen LogP contribution in [-0.4, -0.2) is 31.1 Å². The number of esters is 1. The molecule has 0 bridgehead atoms. The van der Waals surface area contributed by atoms with Crippen molar-refractivity contribution in [3.63, 3.8) is 0 Å². The summed E-state index contributed by atoms with van der Waals surface area (Å²) in [6, 6.07) is 13.4. The first-order valence-electron chi connectivity index (χ1n) is 8.64. The van der Waals surface area contributed by atoms with Crippen molar-refractivity contribution in [1.82, 2.24) is 14.9 Å². The summed E-state index contributed by atoms with van der Waals surface area (Å²) >= 11 is 5.80. The fourth-order valence-electron chi connectivity index (χ4n) is 2.35. The first-order chi connectivity index (χ1) is 13.8. The summed E-state index contributed by atoms with van der Waals surface area (Å²) < 4.78 is 36.8. The lowest BCUT2D eigenvalue weighted by Gasteiger charge is -2.07. The number of aromatic nitrogens is 2. The molecule has 0 atom stereocenters. The fourth-order valence-corrected chi connectivity index (χ4v) is 3.68. The number of rotatable bonds is 8. The Morgan fingerprint density at radius 1 is 1.21 bits per heavy atom. The van der Waals surface area contributed by atoms with Crippen molar-refractivity contribution in [2.24, 2.45) is 0 Å². The number of hydrogen-bond donors (Lipinski definition) is 1. The summed E-state index contributed by atoms with van der Waals surface area (Å²) in [6.07, 6.45) is -0.150. The minimum Gasteiger partial charge on any atom is -0.457 e. The molecule has 8 nitrogen and oxygen atoms in total. The SMILES string of the molecule is Cc1ccc(-c2nc(COC(=O)CCNS(=O)(=O)c3cccc(Cl)c3)no2)cc1. The molecule has 3 aromatic rings. The van der Waals surface area contributed by atoms with E-state index in [9.17, 15) is 13.2 Å². The zero-order chi connectivity index (χ0) is 20.9. The van der Waals surface area contributed by atoms with Gasteiger partial charge in [-0.2, -0.15) is 4.98 Å². The molecule has 0 saturated heterocycles. The standard InChI is InChI=1S/C19H18ClN3O5S/c1-13-5-7-14(8-6-13)19-22-17(23-28-19)12-27-18(24)9-10-21-29(25,26)16-4-2-3-15(20)11-16/h2-8,11,21H,9-10,12H2,1H3. The van der Waals surface area contributed by atoms with Gasteiger partial charge in [-0.15, -0.1) is 0 Å². The van der Waals surface area contributed by atoms with Crippen LogP contribution in [0.25, 0.3) is 11.5 Å². The summed E-state index contributed by atoms with van der Waals surface area (Å²) in [4.78, 5) is 16.0. The van der Waals surface area contributed by atoms with Gasteiger partial charge in [-0.25, -0.2) is 13.1 Å². The first-order valence-corrected chi connectivity index (χ1v) is 10.5. The number of carbonyl (C=O) groups is 1. The highest BCUT2D eigenvalue weighted by Crippen LogP contribution is 2.18. The average Bonchev–Trinajstić information content (AvgIpc) is 3.16. The molecule has 0 saturated carbocycles. The molecule has 2 aromatic carbocycles. The molecule has 0 aliphatic rings. The molecule has 0 aliphatic carbocycles. The van der Waals surface area contributed by atoms with E-state index in [-0.39, 0.29) is 30.3 Å². The number of nitrogens with zero attached hydrogens (tertiary/aromatic N) is 2. The minimum absolute atomic E-state index is 0.0220. The van der Waals surface area contributed by atoms with Crippen LogP contribution in [0.3, 0.4) is 0 Å². The minimum atomic E-state index is -3.76. The summed E-state index contributed by atoms with van der Waals surface area (Å²) in [5.74, 6) is -0.0563. The molecule has 1 heterocycles. The number of hydrogen-bond acceptors (Lipinski definition) is 7. The van der Waals surface area contributed by atoms with Crippen molar-refractivity contribution in [2.75, 3.05) is 6.54 Å². The lowest BCUT2D eigenvalue weighted by Crippen LogP contribution is -2.26. The van der Waals surface area contributed by atoms with Gasteiger partial charge >= 0.3 is 5.97 Å². The van der Waals surface area contributed by atoms with E-state index in [0.29, 0.717) is 10.9 Å². The van der Waals surface area contributed by atoms with Crippen molar-refractivity contribution >= 4 is 27.6 Å². The second-order valence-corrected chi connectivity index (χ2v) is 8.35. The second kappa shape index (κ2) is 9.17. The van der Waals surface area contributed by atoms with Crippen LogP contribution in [0.15, 0.2) is 57.9 Å². The van der Waals surface area contributed by atoms with Crippen molar-refractivity contribution in [1.29, 1.82) is 0 Å². The zero-order valence-corrected chi connectivity index (χ0v) is 17.0. The van der Waals surface area contributed by atoms with Crippen molar-refractivity contribution < 1.29 is 22.5 Å². The van der Waals surface area contributed by atoms with Gasteiger partial charge in [0.15, 0.2) is 6.61 Å². The van der Waals surface area contributed by atoms with Crippen LogP contribution < -0.4 is 4.72 Å². The van der Waals surface area contributed by atoms with E-state index in [4.69, 9.17) is 20.9 Å². The molecule has 0 radical (unpaired) electrons. The molecule has 0 amide bonds. The van der Waals surface area contributed by atoms with E-state index in [1.807, 2.05) is 31.2 Å². The van der Waals surface area contributed by atoms with Crippen LogP contribution in [0.4, 0.5) is 0 Å². The molecule has 1 N–H and O–H groups in total. The Bertz CT molecular complexity index is 1100. The largest absolute Gasteiger partial charge is 0.457 e. The predicted molar refractivity (Wildman–Crippen MR) is 106 cm³/mol. The Kier molecular flexibility index (Phi) is 6.63. The molecule has 152 valence electrons. The molecule has 0 aliphatic heterocycles. The number of halogens is 1. The molecule has 3 rings (SSSR count). The fraction of sp³-hybridized carbons (Fsp3) is 0.211. The van der Waals surface area contributed by atoms with Crippen molar-refractivity contribution in [2.45, 2.75) is 24.8 Å². The van der Waals surface area contributed by atoms with Crippen LogP contribution in [0, 0.1) is 6.92 Å². The number of aryl methyl sites for hydroxylation is 1. The van der Waals surface area contributed by atoms with Gasteiger partial charge in [0.05, 0.1) is 11.3 Å². The lowest BCUT2D eigenvalue weighted by molar-refractivity contribution is -0.145. The van der Waals surface area contributed by atoms with Gasteiger partial charge in [0, 0.05) is 17.1 Å². The van der Waals surface area contributed by atoms with Crippen LogP contribution in [0.1, 0.15) is 17.8 Å². The van der Waals surface area contributed by atoms with E-state index in [0.717, 1.165) is 11.1 Å². The van der Waals surface area contributed by atoms with Gasteiger partial charge in [-0.05, 0) is 37.3 Å². The maximum Gasteiger partial charge on any atom is 0.307 e. The van der Waals surface area contributed by atoms with E-state index in [2.05, 4.69) is 14.9 Å². The Morgan fingerprint density at radius 2 is 1.97 bits per heavy atom. The third-order valence-corrected chi connectivity index (χ3v) is 5.55. The smallest absolute Gasteiger partial charge is 0.307 e. The molecular formula is C19H18ClN3O5S. The number of carbonyl (C=O) groups excluding carboxylic acids is 1. The van der Waals surface area contributed by atoms with Crippen molar-refractivity contribution in [3.8, 4) is 11.5 Å². The molecule has 1 aromatic heterocycles. The summed E-state index contributed by atoms with van der Waals surface area (Å²) in [5.41, 5.74) is 1.87. The number of sulfonamides is 1. The number of benzene rings is 2. The molecule has 0 spiro atoms. The third-order valence-electron chi connectivity index (χ3n) is 3.86. The maximum absolute atomic E-state index is 12.1. The normalized spacial score (nSPS) is 11.4. The maximum atomic E-state index is 12.1. The number of ether oxygens (including phenoxy) is 1. The number of nitrogens with one attached hydrogen (secondary N) is 1. The summed E-state index contributed by atoms with van der Waals surface area (Å²) in [5, 5.41) is 4.07. The highest BCUT2D eigenvalue weighted by atomic mass is 35.5. The second-order valence-electron chi connectivity index (χ2n) is 6.15. The van der Waals surface area contributed by atoms with Gasteiger partial charge in [-0.3, -0.25) is 4.79 Å². The van der Waals surface area contributed by atoms with Crippen molar-refractivity contribution in [3.05, 3.63) is 64.9 Å². The van der Waals surface area contributed by atoms with Crippen LogP contribution >= 0.6 is 11.6 Å². The Hall–Kier alpha value is -2.75. The van der Waals surface area contributed by atoms with Gasteiger partial charge in [0.25, 0.3) is 5.89 Å². The van der Waals surface area contributed by atoms with Crippen LogP contribution in [-0.2, 0) is 26.2 Å². The van der Waals surface area contributed by atoms with Crippen LogP contribution in [0.2, 0.25) is 5.02 Å². The third kappa shape index (κ3) is 5.86. The van der Waals surface area contributed by atoms with Crippen LogP contribution in [0.5, 0.6) is 0 Å². The molecule has 0 fully saturated rings. The Labute approximate surface area is 172 Å². The van der Waals surface area contributed by atoms with Gasteiger partial charge in [0.1, 0.15) is 0 Å². The summed E-state index contributed by atoms with van der Waals surface area (Å²) in [6.45, 7) is 1.68. The molecule has 0 unspecified atom stereocenters. The predicted octanol–water partition coefficient (Wildman–Crippen LogP) is 3.11. The first kappa shape index (κ1) is 21.0. The quantitative estimate of drug-likeness (QED) is 0.541. The zero-order valence-electron chi connectivity index (χ0n) is 15.5. The summed E-state index contributed by atoms with van der Waals surface area (Å²) in [7, 11) is -3.76. The van der Waals surface area contributed by atoms with E-state index >= 15 is 0 Å². The highest BCUT2D eigenvalue weighted by Gasteiger charge is 2.15. The Balaban J connectivity index is 1.46. The molecular weight excluding hydrogens is 418 g/mol. The van der Waals surface area contributed by atoms with Gasteiger partial charge in [-0.1, -0.05) is 40.5 Å². The Morgan fingerprint density at radius 3 is 2.69 bits per heavy atom. The van der Waals surface area contributed by atoms with E-state index in [1.165, 1.54) is 18.2 Å². The average molecular weight is 436 g/mol.